The molecule has 0 aliphatic heterocycles. The molecule has 96 valence electrons. The van der Waals surface area contributed by atoms with Crippen molar-refractivity contribution in [2.75, 3.05) is 0 Å². The monoisotopic (exact) mass is 236 g/mol. The largest absolute Gasteiger partial charge is 0.321 e. The summed E-state index contributed by atoms with van der Waals surface area (Å²) in [7, 11) is 0. The van der Waals surface area contributed by atoms with E-state index in [2.05, 4.69) is 29.0 Å². The third-order valence-electron chi connectivity index (χ3n) is 4.07. The number of hydrogen-bond donors (Lipinski definition) is 2. The van der Waals surface area contributed by atoms with Crippen LogP contribution in [0.3, 0.4) is 0 Å². The maximum atomic E-state index is 6.15. The molecule has 3 N–H and O–H groups in total. The molecule has 17 heavy (non-hydrogen) atoms. The van der Waals surface area contributed by atoms with Crippen LogP contribution in [0.5, 0.6) is 0 Å². The molecule has 1 aromatic heterocycles. The lowest BCUT2D eigenvalue weighted by Gasteiger charge is -2.19. The Morgan fingerprint density at radius 2 is 2.06 bits per heavy atom. The summed E-state index contributed by atoms with van der Waals surface area (Å²) in [5.74, 6) is 2.86. The number of H-pyrrole nitrogens is 1. The number of nitrogens with two attached hydrogens (primary N) is 1. The van der Waals surface area contributed by atoms with E-state index in [0.717, 1.165) is 18.1 Å². The maximum Gasteiger partial charge on any atom is 0.167 e. The molecule has 1 aliphatic rings. The molecule has 0 saturated heterocycles. The van der Waals surface area contributed by atoms with Gasteiger partial charge >= 0.3 is 0 Å². The second-order valence-electron chi connectivity index (χ2n) is 5.33. The first-order valence-corrected chi connectivity index (χ1v) is 6.90. The van der Waals surface area contributed by atoms with E-state index in [1.165, 1.54) is 32.1 Å². The van der Waals surface area contributed by atoms with Crippen LogP contribution in [0.4, 0.5) is 0 Å². The van der Waals surface area contributed by atoms with E-state index in [1.807, 2.05) is 0 Å². The Labute approximate surface area is 103 Å². The molecule has 4 nitrogen and oxygen atoms in total. The minimum atomic E-state index is -0.0337. The van der Waals surface area contributed by atoms with E-state index in [0.29, 0.717) is 11.8 Å². The summed E-state index contributed by atoms with van der Waals surface area (Å²) >= 11 is 0. The van der Waals surface area contributed by atoms with E-state index in [-0.39, 0.29) is 6.04 Å². The molecule has 4 heteroatoms. The van der Waals surface area contributed by atoms with E-state index in [1.54, 1.807) is 0 Å². The van der Waals surface area contributed by atoms with Gasteiger partial charge in [0, 0.05) is 5.92 Å². The third-order valence-corrected chi connectivity index (χ3v) is 4.07. The Morgan fingerprint density at radius 1 is 1.35 bits per heavy atom. The molecule has 0 unspecified atom stereocenters. The van der Waals surface area contributed by atoms with Crippen LogP contribution in [0.1, 0.15) is 76.0 Å². The van der Waals surface area contributed by atoms with Crippen molar-refractivity contribution < 1.29 is 0 Å². The summed E-state index contributed by atoms with van der Waals surface area (Å²) in [5.41, 5.74) is 6.15. The summed E-state index contributed by atoms with van der Waals surface area (Å²) in [6, 6.07) is -0.0337. The molecule has 1 aromatic rings. The molecule has 0 amide bonds. The first-order valence-electron chi connectivity index (χ1n) is 6.90. The first-order chi connectivity index (χ1) is 8.22. The van der Waals surface area contributed by atoms with E-state index in [4.69, 9.17) is 5.73 Å². The summed E-state index contributed by atoms with van der Waals surface area (Å²) in [4.78, 5) is 4.61. The number of rotatable bonds is 4. The van der Waals surface area contributed by atoms with E-state index in [9.17, 15) is 0 Å². The van der Waals surface area contributed by atoms with Crippen LogP contribution in [-0.2, 0) is 0 Å². The Balaban J connectivity index is 2.04. The smallest absolute Gasteiger partial charge is 0.167 e. The lowest BCUT2D eigenvalue weighted by atomic mass is 9.89. The molecule has 0 bridgehead atoms. The molecule has 1 aliphatic carbocycles. The van der Waals surface area contributed by atoms with Crippen molar-refractivity contribution in [3.05, 3.63) is 11.6 Å². The van der Waals surface area contributed by atoms with Crippen molar-refractivity contribution in [3.8, 4) is 0 Å². The molecule has 2 rings (SSSR count). The fraction of sp³-hybridized carbons (Fsp3) is 0.846. The fourth-order valence-corrected chi connectivity index (χ4v) is 2.50. The van der Waals surface area contributed by atoms with Gasteiger partial charge in [0.05, 0.1) is 6.04 Å². The van der Waals surface area contributed by atoms with Crippen LogP contribution in [0, 0.1) is 5.92 Å². The van der Waals surface area contributed by atoms with Gasteiger partial charge < -0.3 is 5.73 Å². The zero-order valence-corrected chi connectivity index (χ0v) is 10.9. The normalized spacial score (nSPS) is 21.4. The fourth-order valence-electron chi connectivity index (χ4n) is 2.50. The zero-order valence-electron chi connectivity index (χ0n) is 10.9. The number of hydrogen-bond acceptors (Lipinski definition) is 3. The molecule has 2 atom stereocenters. The molecular formula is C13H24N4. The van der Waals surface area contributed by atoms with Crippen LogP contribution in [-0.4, -0.2) is 15.2 Å². The van der Waals surface area contributed by atoms with Crippen LogP contribution in [0.25, 0.3) is 0 Å². The Hall–Kier alpha value is -0.900. The number of aromatic amines is 1. The predicted octanol–water partition coefficient (Wildman–Crippen LogP) is 2.90. The van der Waals surface area contributed by atoms with Crippen molar-refractivity contribution in [3.63, 3.8) is 0 Å². The SMILES string of the molecule is CC[C@H](C)[C@H](N)c1n[nH]c(C2CCCCC2)n1. The second kappa shape index (κ2) is 5.63. The van der Waals surface area contributed by atoms with Gasteiger partial charge in [0.15, 0.2) is 5.82 Å². The highest BCUT2D eigenvalue weighted by molar-refractivity contribution is 5.02. The Bertz CT molecular complexity index is 324. The highest BCUT2D eigenvalue weighted by Crippen LogP contribution is 2.31. The summed E-state index contributed by atoms with van der Waals surface area (Å²) in [6.07, 6.45) is 7.55. The third kappa shape index (κ3) is 2.86. The molecule has 1 heterocycles. The van der Waals surface area contributed by atoms with E-state index < -0.39 is 0 Å². The highest BCUT2D eigenvalue weighted by Gasteiger charge is 2.22. The van der Waals surface area contributed by atoms with Crippen LogP contribution in [0.15, 0.2) is 0 Å². The van der Waals surface area contributed by atoms with Gasteiger partial charge in [-0.1, -0.05) is 39.5 Å². The number of nitrogens with one attached hydrogen (secondary N) is 1. The van der Waals surface area contributed by atoms with Crippen molar-refractivity contribution in [2.24, 2.45) is 11.7 Å². The van der Waals surface area contributed by atoms with Crippen molar-refractivity contribution in [1.82, 2.24) is 15.2 Å². The van der Waals surface area contributed by atoms with Gasteiger partial charge in [-0.05, 0) is 18.8 Å². The quantitative estimate of drug-likeness (QED) is 0.844. The molecule has 0 spiro atoms. The number of nitrogens with zero attached hydrogens (tertiary/aromatic N) is 2. The number of aromatic nitrogens is 3. The average molecular weight is 236 g/mol. The van der Waals surface area contributed by atoms with Gasteiger partial charge in [-0.2, -0.15) is 5.10 Å². The molecular weight excluding hydrogens is 212 g/mol. The molecule has 1 saturated carbocycles. The van der Waals surface area contributed by atoms with Gasteiger partial charge in [0.2, 0.25) is 0 Å². The van der Waals surface area contributed by atoms with Crippen molar-refractivity contribution >= 4 is 0 Å². The minimum absolute atomic E-state index is 0.0337. The zero-order chi connectivity index (χ0) is 12.3. The lowest BCUT2D eigenvalue weighted by molar-refractivity contribution is 0.425. The van der Waals surface area contributed by atoms with Crippen molar-refractivity contribution in [1.29, 1.82) is 0 Å². The van der Waals surface area contributed by atoms with Crippen molar-refractivity contribution in [2.45, 2.75) is 64.3 Å². The maximum absolute atomic E-state index is 6.15. The Kier molecular flexibility index (Phi) is 4.15. The van der Waals surface area contributed by atoms with Gasteiger partial charge in [-0.25, -0.2) is 4.98 Å². The van der Waals surface area contributed by atoms with Gasteiger partial charge in [-0.3, -0.25) is 5.10 Å². The lowest BCUT2D eigenvalue weighted by Crippen LogP contribution is -2.20. The van der Waals surface area contributed by atoms with Crippen LogP contribution in [0.2, 0.25) is 0 Å². The van der Waals surface area contributed by atoms with Crippen LogP contribution < -0.4 is 5.73 Å². The second-order valence-corrected chi connectivity index (χ2v) is 5.33. The van der Waals surface area contributed by atoms with Gasteiger partial charge in [0.25, 0.3) is 0 Å². The molecule has 1 fully saturated rings. The standard InChI is InChI=1S/C13H24N4/c1-3-9(2)11(14)13-15-12(16-17-13)10-7-5-4-6-8-10/h9-11H,3-8,14H2,1-2H3,(H,15,16,17)/t9-,11-/m0/s1. The first kappa shape index (κ1) is 12.6. The Morgan fingerprint density at radius 3 is 2.71 bits per heavy atom. The average Bonchev–Trinajstić information content (AvgIpc) is 2.87. The summed E-state index contributed by atoms with van der Waals surface area (Å²) in [6.45, 7) is 4.31. The topological polar surface area (TPSA) is 67.6 Å². The highest BCUT2D eigenvalue weighted by atomic mass is 15.2. The molecule has 0 aromatic carbocycles. The summed E-state index contributed by atoms with van der Waals surface area (Å²) < 4.78 is 0. The van der Waals surface area contributed by atoms with Crippen LogP contribution >= 0.6 is 0 Å². The summed E-state index contributed by atoms with van der Waals surface area (Å²) in [5, 5.41) is 7.39. The van der Waals surface area contributed by atoms with E-state index >= 15 is 0 Å². The predicted molar refractivity (Wildman–Crippen MR) is 68.6 cm³/mol. The van der Waals surface area contributed by atoms with Gasteiger partial charge in [0.1, 0.15) is 5.82 Å². The molecule has 0 radical (unpaired) electrons. The minimum Gasteiger partial charge on any atom is -0.321 e. The van der Waals surface area contributed by atoms with Gasteiger partial charge in [-0.15, -0.1) is 0 Å².